The molecule has 1 saturated heterocycles. The lowest BCUT2D eigenvalue weighted by atomic mass is 10.3. The van der Waals surface area contributed by atoms with Gasteiger partial charge in [-0.3, -0.25) is 4.90 Å². The minimum absolute atomic E-state index is 0.105. The van der Waals surface area contributed by atoms with Crippen LogP contribution in [0, 0.1) is 5.82 Å². The second kappa shape index (κ2) is 7.20. The number of hydrogen-bond donors (Lipinski definition) is 0. The monoisotopic (exact) mass is 409 g/mol. The highest BCUT2D eigenvalue weighted by Gasteiger charge is 2.29. The molecule has 27 heavy (non-hydrogen) atoms. The number of fused-ring (bicyclic) bond motifs is 1. The number of nitrogens with zero attached hydrogens (tertiary/aromatic N) is 3. The van der Waals surface area contributed by atoms with Gasteiger partial charge in [0.15, 0.2) is 5.58 Å². The molecule has 0 spiro atoms. The minimum atomic E-state index is -3.61. The summed E-state index contributed by atoms with van der Waals surface area (Å²) in [5, 5.41) is 0.599. The molecule has 1 fully saturated rings. The molecule has 0 radical (unpaired) electrons. The van der Waals surface area contributed by atoms with Crippen LogP contribution in [0.5, 0.6) is 0 Å². The van der Waals surface area contributed by atoms with Gasteiger partial charge in [0.05, 0.1) is 11.4 Å². The molecule has 0 amide bonds. The van der Waals surface area contributed by atoms with Crippen molar-refractivity contribution in [3.05, 3.63) is 59.2 Å². The number of halogens is 2. The number of hydrogen-bond acceptors (Lipinski definition) is 5. The third-order valence-corrected chi connectivity index (χ3v) is 6.68. The average Bonchev–Trinajstić information content (AvgIpc) is 3.04. The maximum absolute atomic E-state index is 13.0. The third kappa shape index (κ3) is 3.84. The van der Waals surface area contributed by atoms with Gasteiger partial charge in [-0.2, -0.15) is 4.31 Å². The number of oxazole rings is 1. The SMILES string of the molecule is O=S(=O)(c1ccc(F)cc1)N1CCN(Cc2nc3cc(Cl)ccc3o2)CC1. The van der Waals surface area contributed by atoms with Crippen LogP contribution in [0.2, 0.25) is 5.02 Å². The van der Waals surface area contributed by atoms with Crippen molar-refractivity contribution in [2.24, 2.45) is 0 Å². The first-order chi connectivity index (χ1) is 12.9. The van der Waals surface area contributed by atoms with Gasteiger partial charge in [-0.1, -0.05) is 11.6 Å². The van der Waals surface area contributed by atoms with Crippen LogP contribution in [0.3, 0.4) is 0 Å². The Kier molecular flexibility index (Phi) is 4.90. The Morgan fingerprint density at radius 1 is 1.07 bits per heavy atom. The van der Waals surface area contributed by atoms with E-state index in [2.05, 4.69) is 9.88 Å². The van der Waals surface area contributed by atoms with Crippen molar-refractivity contribution in [3.8, 4) is 0 Å². The van der Waals surface area contributed by atoms with Gasteiger partial charge >= 0.3 is 0 Å². The minimum Gasteiger partial charge on any atom is -0.439 e. The molecule has 4 rings (SSSR count). The largest absolute Gasteiger partial charge is 0.439 e. The fourth-order valence-corrected chi connectivity index (χ4v) is 4.68. The number of aromatic nitrogens is 1. The van der Waals surface area contributed by atoms with E-state index >= 15 is 0 Å². The Bertz CT molecular complexity index is 1060. The summed E-state index contributed by atoms with van der Waals surface area (Å²) >= 11 is 5.96. The lowest BCUT2D eigenvalue weighted by molar-refractivity contribution is 0.169. The Hall–Kier alpha value is -2.00. The van der Waals surface area contributed by atoms with E-state index in [1.54, 1.807) is 18.2 Å². The van der Waals surface area contributed by atoms with Gasteiger partial charge in [-0.25, -0.2) is 17.8 Å². The maximum Gasteiger partial charge on any atom is 0.243 e. The van der Waals surface area contributed by atoms with Crippen LogP contribution in [0.1, 0.15) is 5.89 Å². The van der Waals surface area contributed by atoms with Crippen molar-refractivity contribution < 1.29 is 17.2 Å². The molecule has 2 aromatic carbocycles. The zero-order valence-electron chi connectivity index (χ0n) is 14.3. The molecule has 1 aliphatic heterocycles. The highest BCUT2D eigenvalue weighted by Crippen LogP contribution is 2.22. The first-order valence-electron chi connectivity index (χ1n) is 8.45. The zero-order valence-corrected chi connectivity index (χ0v) is 15.9. The topological polar surface area (TPSA) is 66.7 Å². The third-order valence-electron chi connectivity index (χ3n) is 4.54. The van der Waals surface area contributed by atoms with Crippen molar-refractivity contribution in [1.82, 2.24) is 14.2 Å². The Balaban J connectivity index is 1.41. The van der Waals surface area contributed by atoms with Crippen LogP contribution < -0.4 is 0 Å². The summed E-state index contributed by atoms with van der Waals surface area (Å²) in [5.74, 6) is 0.112. The van der Waals surface area contributed by atoms with Gasteiger partial charge in [-0.05, 0) is 42.5 Å². The molecule has 2 heterocycles. The van der Waals surface area contributed by atoms with Crippen LogP contribution in [-0.2, 0) is 16.6 Å². The zero-order chi connectivity index (χ0) is 19.0. The van der Waals surface area contributed by atoms with Crippen molar-refractivity contribution in [1.29, 1.82) is 0 Å². The first kappa shape index (κ1) is 18.4. The normalized spacial score (nSPS) is 16.8. The summed E-state index contributed by atoms with van der Waals surface area (Å²) in [7, 11) is -3.61. The fraction of sp³-hybridized carbons (Fsp3) is 0.278. The lowest BCUT2D eigenvalue weighted by Crippen LogP contribution is -2.48. The maximum atomic E-state index is 13.0. The summed E-state index contributed by atoms with van der Waals surface area (Å²) in [6.07, 6.45) is 0. The van der Waals surface area contributed by atoms with Gasteiger partial charge in [0.25, 0.3) is 0 Å². The number of rotatable bonds is 4. The molecule has 0 aliphatic carbocycles. The predicted molar refractivity (Wildman–Crippen MR) is 99.5 cm³/mol. The number of piperazine rings is 1. The highest BCUT2D eigenvalue weighted by atomic mass is 35.5. The Morgan fingerprint density at radius 3 is 2.48 bits per heavy atom. The van der Waals surface area contributed by atoms with Crippen LogP contribution >= 0.6 is 11.6 Å². The Morgan fingerprint density at radius 2 is 1.78 bits per heavy atom. The second-order valence-electron chi connectivity index (χ2n) is 6.35. The smallest absolute Gasteiger partial charge is 0.243 e. The van der Waals surface area contributed by atoms with E-state index in [9.17, 15) is 12.8 Å². The molecule has 9 heteroatoms. The lowest BCUT2D eigenvalue weighted by Gasteiger charge is -2.33. The highest BCUT2D eigenvalue weighted by molar-refractivity contribution is 7.89. The van der Waals surface area contributed by atoms with Crippen LogP contribution in [-0.4, -0.2) is 48.8 Å². The van der Waals surface area contributed by atoms with Crippen LogP contribution in [0.15, 0.2) is 51.8 Å². The van der Waals surface area contributed by atoms with Gasteiger partial charge in [0.2, 0.25) is 15.9 Å². The molecular weight excluding hydrogens is 393 g/mol. The van der Waals surface area contributed by atoms with Gasteiger partial charge in [-0.15, -0.1) is 0 Å². The molecular formula is C18H17ClFN3O3S. The van der Waals surface area contributed by atoms with E-state index in [-0.39, 0.29) is 4.90 Å². The van der Waals surface area contributed by atoms with E-state index in [4.69, 9.17) is 16.0 Å². The molecule has 142 valence electrons. The summed E-state index contributed by atoms with van der Waals surface area (Å²) in [6, 6.07) is 10.2. The van der Waals surface area contributed by atoms with E-state index < -0.39 is 15.8 Å². The number of sulfonamides is 1. The van der Waals surface area contributed by atoms with Gasteiger partial charge in [0.1, 0.15) is 11.3 Å². The first-order valence-corrected chi connectivity index (χ1v) is 10.3. The van der Waals surface area contributed by atoms with E-state index in [1.165, 1.54) is 16.4 Å². The van der Waals surface area contributed by atoms with Crippen molar-refractivity contribution >= 4 is 32.7 Å². The van der Waals surface area contributed by atoms with Crippen LogP contribution in [0.4, 0.5) is 4.39 Å². The molecule has 0 bridgehead atoms. The molecule has 0 unspecified atom stereocenters. The quantitative estimate of drug-likeness (QED) is 0.662. The molecule has 6 nitrogen and oxygen atoms in total. The molecule has 1 aromatic heterocycles. The van der Waals surface area contributed by atoms with Gasteiger partial charge in [0, 0.05) is 31.2 Å². The summed E-state index contributed by atoms with van der Waals surface area (Å²) in [4.78, 5) is 6.62. The van der Waals surface area contributed by atoms with E-state index in [0.717, 1.165) is 12.1 Å². The fourth-order valence-electron chi connectivity index (χ4n) is 3.09. The Labute approximate surface area is 161 Å². The average molecular weight is 410 g/mol. The van der Waals surface area contributed by atoms with Crippen molar-refractivity contribution in [2.45, 2.75) is 11.4 Å². The molecule has 0 N–H and O–H groups in total. The number of benzene rings is 2. The molecule has 0 atom stereocenters. The van der Waals surface area contributed by atoms with E-state index in [0.29, 0.717) is 54.7 Å². The second-order valence-corrected chi connectivity index (χ2v) is 8.73. The van der Waals surface area contributed by atoms with Crippen molar-refractivity contribution in [2.75, 3.05) is 26.2 Å². The summed E-state index contributed by atoms with van der Waals surface area (Å²) in [5.41, 5.74) is 1.38. The summed E-state index contributed by atoms with van der Waals surface area (Å²) < 4.78 is 45.5. The summed E-state index contributed by atoms with van der Waals surface area (Å²) in [6.45, 7) is 2.31. The standard InChI is InChI=1S/C18H17ClFN3O3S/c19-13-1-6-17-16(11-13)21-18(26-17)12-22-7-9-23(10-8-22)27(24,25)15-4-2-14(20)3-5-15/h1-6,11H,7-10,12H2. The van der Waals surface area contributed by atoms with Crippen molar-refractivity contribution in [3.63, 3.8) is 0 Å². The molecule has 1 aliphatic rings. The molecule has 0 saturated carbocycles. The molecule has 3 aromatic rings. The van der Waals surface area contributed by atoms with Crippen LogP contribution in [0.25, 0.3) is 11.1 Å². The predicted octanol–water partition coefficient (Wildman–Crippen LogP) is 3.13. The van der Waals surface area contributed by atoms with E-state index in [1.807, 2.05) is 0 Å². The van der Waals surface area contributed by atoms with Gasteiger partial charge < -0.3 is 4.42 Å².